The van der Waals surface area contributed by atoms with Gasteiger partial charge >= 0.3 is 0 Å². The summed E-state index contributed by atoms with van der Waals surface area (Å²) in [6.45, 7) is 2.97. The fraction of sp³-hybridized carbons (Fsp3) is 0.294. The van der Waals surface area contributed by atoms with Crippen LogP contribution >= 0.6 is 11.6 Å². The summed E-state index contributed by atoms with van der Waals surface area (Å²) in [5.74, 6) is -1.50. The number of fused-ring (bicyclic) bond motifs is 1. The van der Waals surface area contributed by atoms with Crippen molar-refractivity contribution in [2.75, 3.05) is 58.3 Å². The van der Waals surface area contributed by atoms with Gasteiger partial charge in [0, 0.05) is 62.5 Å². The maximum absolute atomic E-state index is 13.9. The summed E-state index contributed by atoms with van der Waals surface area (Å²) in [6, 6.07) is 18.5. The van der Waals surface area contributed by atoms with Gasteiger partial charge in [0.05, 0.1) is 10.9 Å². The van der Waals surface area contributed by atoms with Gasteiger partial charge in [-0.05, 0) is 62.1 Å². The second-order valence-electron chi connectivity index (χ2n) is 11.4. The minimum Gasteiger partial charge on any atom is -0.508 e. The van der Waals surface area contributed by atoms with E-state index in [1.165, 1.54) is 18.2 Å². The van der Waals surface area contributed by atoms with Crippen LogP contribution in [-0.4, -0.2) is 92.0 Å². The van der Waals surface area contributed by atoms with Gasteiger partial charge in [-0.2, -0.15) is 0 Å². The number of carbonyl (C=O) groups is 3. The molecule has 4 aromatic rings. The van der Waals surface area contributed by atoms with Gasteiger partial charge in [-0.3, -0.25) is 19.2 Å². The van der Waals surface area contributed by atoms with Crippen molar-refractivity contribution in [3.05, 3.63) is 105 Å². The van der Waals surface area contributed by atoms with Crippen molar-refractivity contribution >= 4 is 46.0 Å². The summed E-state index contributed by atoms with van der Waals surface area (Å²) in [7, 11) is 3.89. The molecule has 1 saturated heterocycles. The lowest BCUT2D eigenvalue weighted by molar-refractivity contribution is -0.133. The van der Waals surface area contributed by atoms with E-state index in [9.17, 15) is 24.3 Å². The van der Waals surface area contributed by atoms with Crippen LogP contribution in [0.5, 0.6) is 5.75 Å². The van der Waals surface area contributed by atoms with Crippen LogP contribution in [0.3, 0.4) is 0 Å². The first-order valence-corrected chi connectivity index (χ1v) is 15.3. The van der Waals surface area contributed by atoms with Crippen LogP contribution in [0.4, 0.5) is 5.69 Å². The fourth-order valence-corrected chi connectivity index (χ4v) is 5.49. The van der Waals surface area contributed by atoms with Crippen molar-refractivity contribution in [2.24, 2.45) is 0 Å². The zero-order chi connectivity index (χ0) is 32.8. The van der Waals surface area contributed by atoms with Gasteiger partial charge in [0.1, 0.15) is 17.4 Å². The third kappa shape index (κ3) is 7.85. The number of amides is 3. The SMILES string of the molecule is CN(C)CCNC(=O)c1ccccc1N1CCN(C(=O)[C@@H](Cc2ccc(Cl)cc2)NC(=O)c2cc(=O)c3cc(O)ccc3o2)CC1. The standard InChI is InChI=1S/C34H36ClN5O6/c1-38(2)14-13-36-32(43)25-5-3-4-6-28(25)39-15-17-40(18-16-39)34(45)27(19-22-7-9-23(35)10-8-22)37-33(44)31-21-29(42)26-20-24(41)11-12-30(26)46-31/h3-12,20-21,27,41H,13-19H2,1-2H3,(H,36,43)(H,37,44)/t27-/m1/s1. The van der Waals surface area contributed by atoms with E-state index in [-0.39, 0.29) is 40.7 Å². The summed E-state index contributed by atoms with van der Waals surface area (Å²) in [6.07, 6.45) is 0.184. The molecule has 1 fully saturated rings. The molecule has 0 radical (unpaired) electrons. The first-order valence-electron chi connectivity index (χ1n) is 15.0. The Morgan fingerprint density at radius 1 is 0.957 bits per heavy atom. The monoisotopic (exact) mass is 645 g/mol. The molecule has 1 aliphatic rings. The van der Waals surface area contributed by atoms with Gasteiger partial charge in [0.25, 0.3) is 11.8 Å². The number of anilines is 1. The predicted octanol–water partition coefficient (Wildman–Crippen LogP) is 3.13. The number of likely N-dealkylation sites (N-methyl/N-ethyl adjacent to an activating group) is 1. The number of nitrogens with zero attached hydrogens (tertiary/aromatic N) is 3. The number of nitrogens with one attached hydrogen (secondary N) is 2. The van der Waals surface area contributed by atoms with E-state index in [1.54, 1.807) is 35.2 Å². The van der Waals surface area contributed by atoms with Crippen LogP contribution in [0.2, 0.25) is 5.02 Å². The van der Waals surface area contributed by atoms with Crippen LogP contribution < -0.4 is 21.0 Å². The maximum atomic E-state index is 13.9. The topological polar surface area (TPSA) is 135 Å². The number of aromatic hydroxyl groups is 1. The molecule has 1 aliphatic heterocycles. The Labute approximate surface area is 271 Å². The Balaban J connectivity index is 1.31. The number of phenols is 1. The van der Waals surface area contributed by atoms with Crippen molar-refractivity contribution in [3.63, 3.8) is 0 Å². The average molecular weight is 646 g/mol. The molecule has 3 aromatic carbocycles. The molecule has 46 heavy (non-hydrogen) atoms. The molecule has 240 valence electrons. The molecule has 5 rings (SSSR count). The Morgan fingerprint density at radius 3 is 2.39 bits per heavy atom. The molecule has 12 heteroatoms. The zero-order valence-corrected chi connectivity index (χ0v) is 26.4. The summed E-state index contributed by atoms with van der Waals surface area (Å²) < 4.78 is 5.67. The van der Waals surface area contributed by atoms with Crippen LogP contribution in [-0.2, 0) is 11.2 Å². The molecule has 11 nitrogen and oxygen atoms in total. The first-order chi connectivity index (χ1) is 22.1. The van der Waals surface area contributed by atoms with Crippen LogP contribution in [0.25, 0.3) is 11.0 Å². The lowest BCUT2D eigenvalue weighted by Crippen LogP contribution is -2.55. The highest BCUT2D eigenvalue weighted by Crippen LogP contribution is 2.23. The Bertz CT molecular complexity index is 1780. The molecule has 1 atom stereocenters. The van der Waals surface area contributed by atoms with Crippen molar-refractivity contribution in [3.8, 4) is 5.75 Å². The second kappa shape index (κ2) is 14.5. The van der Waals surface area contributed by atoms with Crippen molar-refractivity contribution in [2.45, 2.75) is 12.5 Å². The number of rotatable bonds is 10. The molecule has 0 bridgehead atoms. The fourth-order valence-electron chi connectivity index (χ4n) is 5.36. The number of hydrogen-bond acceptors (Lipinski definition) is 8. The molecule has 0 spiro atoms. The Hall–Kier alpha value is -4.87. The summed E-state index contributed by atoms with van der Waals surface area (Å²) in [5.41, 5.74) is 1.79. The number of halogens is 1. The minimum absolute atomic E-state index is 0.0996. The average Bonchev–Trinajstić information content (AvgIpc) is 3.05. The molecule has 0 saturated carbocycles. The van der Waals surface area contributed by atoms with Gasteiger partial charge in [0.2, 0.25) is 5.91 Å². The van der Waals surface area contributed by atoms with E-state index >= 15 is 0 Å². The van der Waals surface area contributed by atoms with Crippen molar-refractivity contribution in [1.29, 1.82) is 0 Å². The van der Waals surface area contributed by atoms with Gasteiger partial charge in [-0.1, -0.05) is 35.9 Å². The molecule has 3 amide bonds. The van der Waals surface area contributed by atoms with E-state index in [1.807, 2.05) is 37.2 Å². The largest absolute Gasteiger partial charge is 0.508 e. The van der Waals surface area contributed by atoms with Gasteiger partial charge < -0.3 is 34.9 Å². The third-order valence-electron chi connectivity index (χ3n) is 7.82. The Kier molecular flexibility index (Phi) is 10.2. The number of hydrogen-bond donors (Lipinski definition) is 3. The molecule has 2 heterocycles. The van der Waals surface area contributed by atoms with Crippen LogP contribution in [0, 0.1) is 0 Å². The van der Waals surface area contributed by atoms with Crippen molar-refractivity contribution < 1.29 is 23.9 Å². The van der Waals surface area contributed by atoms with E-state index in [4.69, 9.17) is 16.0 Å². The molecular weight excluding hydrogens is 610 g/mol. The Morgan fingerprint density at radius 2 is 1.67 bits per heavy atom. The summed E-state index contributed by atoms with van der Waals surface area (Å²) in [4.78, 5) is 58.7. The maximum Gasteiger partial charge on any atom is 0.287 e. The van der Waals surface area contributed by atoms with E-state index < -0.39 is 17.4 Å². The highest BCUT2D eigenvalue weighted by Gasteiger charge is 2.31. The van der Waals surface area contributed by atoms with E-state index in [0.29, 0.717) is 43.3 Å². The van der Waals surface area contributed by atoms with Gasteiger partial charge in [0.15, 0.2) is 11.2 Å². The lowest BCUT2D eigenvalue weighted by atomic mass is 10.0. The lowest BCUT2D eigenvalue weighted by Gasteiger charge is -2.38. The van der Waals surface area contributed by atoms with Crippen LogP contribution in [0.15, 0.2) is 82.0 Å². The van der Waals surface area contributed by atoms with E-state index in [0.717, 1.165) is 23.9 Å². The predicted molar refractivity (Wildman–Crippen MR) is 177 cm³/mol. The number of phenolic OH excluding ortho intramolecular Hbond substituents is 1. The number of carbonyl (C=O) groups excluding carboxylic acids is 3. The van der Waals surface area contributed by atoms with Gasteiger partial charge in [-0.15, -0.1) is 0 Å². The second-order valence-corrected chi connectivity index (χ2v) is 11.8. The minimum atomic E-state index is -0.962. The highest BCUT2D eigenvalue weighted by molar-refractivity contribution is 6.30. The molecule has 0 aliphatic carbocycles. The molecule has 1 aromatic heterocycles. The zero-order valence-electron chi connectivity index (χ0n) is 25.7. The highest BCUT2D eigenvalue weighted by atomic mass is 35.5. The summed E-state index contributed by atoms with van der Waals surface area (Å²) >= 11 is 6.07. The number of para-hydroxylation sites is 1. The first kappa shape index (κ1) is 32.5. The molecule has 3 N–H and O–H groups in total. The van der Waals surface area contributed by atoms with Gasteiger partial charge in [-0.25, -0.2) is 0 Å². The molecular formula is C34H36ClN5O6. The number of benzene rings is 3. The molecule has 0 unspecified atom stereocenters. The van der Waals surface area contributed by atoms with Crippen molar-refractivity contribution in [1.82, 2.24) is 20.4 Å². The summed E-state index contributed by atoms with van der Waals surface area (Å²) in [5, 5.41) is 16.2. The number of piperazine rings is 1. The van der Waals surface area contributed by atoms with E-state index in [2.05, 4.69) is 15.5 Å². The normalized spacial score (nSPS) is 13.9. The van der Waals surface area contributed by atoms with Crippen LogP contribution in [0.1, 0.15) is 26.5 Å². The third-order valence-corrected chi connectivity index (χ3v) is 8.07. The smallest absolute Gasteiger partial charge is 0.287 e. The quantitative estimate of drug-likeness (QED) is 0.240.